The van der Waals surface area contributed by atoms with Crippen LogP contribution in [-0.4, -0.2) is 38.3 Å². The fraction of sp³-hybridized carbons (Fsp3) is 0.286. The molecule has 2 aromatic carbocycles. The van der Waals surface area contributed by atoms with E-state index in [-0.39, 0.29) is 24.8 Å². The van der Waals surface area contributed by atoms with E-state index in [1.54, 1.807) is 37.6 Å². The first-order valence-corrected chi connectivity index (χ1v) is 9.10. The lowest BCUT2D eigenvalue weighted by atomic mass is 10.2. The maximum atomic E-state index is 12.0. The topological polar surface area (TPSA) is 89.0 Å². The van der Waals surface area contributed by atoms with Gasteiger partial charge < -0.3 is 14.8 Å². The van der Waals surface area contributed by atoms with Gasteiger partial charge in [0.05, 0.1) is 19.9 Å². The van der Waals surface area contributed by atoms with Crippen LogP contribution in [0.1, 0.15) is 35.7 Å². The molecule has 0 saturated heterocycles. The quantitative estimate of drug-likeness (QED) is 0.488. The minimum atomic E-state index is -0.293. The molecule has 2 aromatic rings. The molecule has 0 spiro atoms. The maximum Gasteiger partial charge on any atom is 0.251 e. The molecular weight excluding hydrogens is 358 g/mol. The fourth-order valence-electron chi connectivity index (χ4n) is 2.29. The number of hydrogen-bond acceptors (Lipinski definition) is 5. The predicted octanol–water partition coefficient (Wildman–Crippen LogP) is 2.75. The Morgan fingerprint density at radius 2 is 1.86 bits per heavy atom. The van der Waals surface area contributed by atoms with E-state index in [2.05, 4.69) is 15.8 Å². The van der Waals surface area contributed by atoms with Crippen LogP contribution < -0.4 is 20.2 Å². The highest BCUT2D eigenvalue weighted by Gasteiger charge is 2.07. The second-order valence-electron chi connectivity index (χ2n) is 5.91. The minimum Gasteiger partial charge on any atom is -0.497 e. The van der Waals surface area contributed by atoms with Crippen LogP contribution in [0.4, 0.5) is 0 Å². The van der Waals surface area contributed by atoms with Crippen LogP contribution in [0.3, 0.4) is 0 Å². The van der Waals surface area contributed by atoms with Crippen molar-refractivity contribution in [3.63, 3.8) is 0 Å². The molecule has 28 heavy (non-hydrogen) atoms. The zero-order valence-corrected chi connectivity index (χ0v) is 16.1. The third kappa shape index (κ3) is 6.75. The van der Waals surface area contributed by atoms with Crippen molar-refractivity contribution in [1.82, 2.24) is 10.7 Å². The standard InChI is InChI=1S/C21H25N3O4/c1-3-14-28-19-7-5-4-6-17(19)15-23-24-20(25)12-13-22-21(26)16-8-10-18(27-2)11-9-16/h4-11,15H,3,12-14H2,1-2H3,(H,22,26)(H,24,25). The molecule has 0 aromatic heterocycles. The molecule has 0 saturated carbocycles. The van der Waals surface area contributed by atoms with E-state index in [0.29, 0.717) is 23.7 Å². The number of hydrogen-bond donors (Lipinski definition) is 2. The van der Waals surface area contributed by atoms with Crippen LogP contribution in [0.25, 0.3) is 0 Å². The molecular formula is C21H25N3O4. The largest absolute Gasteiger partial charge is 0.497 e. The Morgan fingerprint density at radius 1 is 1.11 bits per heavy atom. The van der Waals surface area contributed by atoms with Gasteiger partial charge in [0, 0.05) is 24.1 Å². The summed E-state index contributed by atoms with van der Waals surface area (Å²) in [5.74, 6) is 0.851. The smallest absolute Gasteiger partial charge is 0.251 e. The molecule has 7 nitrogen and oxygen atoms in total. The summed E-state index contributed by atoms with van der Waals surface area (Å²) in [6.07, 6.45) is 2.57. The van der Waals surface area contributed by atoms with Crippen molar-refractivity contribution in [3.8, 4) is 11.5 Å². The first-order chi connectivity index (χ1) is 13.6. The molecule has 7 heteroatoms. The molecule has 0 fully saturated rings. The fourth-order valence-corrected chi connectivity index (χ4v) is 2.29. The molecule has 2 rings (SSSR count). The van der Waals surface area contributed by atoms with Crippen LogP contribution in [0.5, 0.6) is 11.5 Å². The highest BCUT2D eigenvalue weighted by molar-refractivity contribution is 5.94. The number of nitrogens with one attached hydrogen (secondary N) is 2. The van der Waals surface area contributed by atoms with Gasteiger partial charge >= 0.3 is 0 Å². The van der Waals surface area contributed by atoms with E-state index < -0.39 is 0 Å². The van der Waals surface area contributed by atoms with E-state index in [4.69, 9.17) is 9.47 Å². The van der Waals surface area contributed by atoms with Gasteiger partial charge in [0.2, 0.25) is 5.91 Å². The molecule has 148 valence electrons. The van der Waals surface area contributed by atoms with Crippen molar-refractivity contribution in [2.75, 3.05) is 20.3 Å². The Bertz CT molecular complexity index is 804. The zero-order valence-electron chi connectivity index (χ0n) is 16.1. The third-order valence-corrected chi connectivity index (χ3v) is 3.76. The zero-order chi connectivity index (χ0) is 20.2. The molecule has 2 N–H and O–H groups in total. The van der Waals surface area contributed by atoms with Crippen molar-refractivity contribution in [3.05, 3.63) is 59.7 Å². The Morgan fingerprint density at radius 3 is 2.57 bits per heavy atom. The van der Waals surface area contributed by atoms with Crippen LogP contribution in [-0.2, 0) is 4.79 Å². The summed E-state index contributed by atoms with van der Waals surface area (Å²) < 4.78 is 10.7. The Kier molecular flexibility index (Phi) is 8.52. The van der Waals surface area contributed by atoms with Gasteiger partial charge in [-0.15, -0.1) is 0 Å². The number of carbonyl (C=O) groups is 2. The molecule has 2 amide bonds. The minimum absolute atomic E-state index is 0.118. The Balaban J connectivity index is 1.75. The molecule has 0 radical (unpaired) electrons. The van der Waals surface area contributed by atoms with Gasteiger partial charge in [0.15, 0.2) is 0 Å². The number of para-hydroxylation sites is 1. The normalized spacial score (nSPS) is 10.5. The summed E-state index contributed by atoms with van der Waals surface area (Å²) in [6.45, 7) is 2.86. The van der Waals surface area contributed by atoms with Gasteiger partial charge in [-0.25, -0.2) is 5.43 Å². The van der Waals surface area contributed by atoms with Gasteiger partial charge in [-0.1, -0.05) is 19.1 Å². The van der Waals surface area contributed by atoms with E-state index in [1.807, 2.05) is 31.2 Å². The number of amides is 2. The SMILES string of the molecule is CCCOc1ccccc1C=NNC(=O)CCNC(=O)c1ccc(OC)cc1. The van der Waals surface area contributed by atoms with E-state index in [9.17, 15) is 9.59 Å². The maximum absolute atomic E-state index is 12.0. The average molecular weight is 383 g/mol. The number of nitrogens with zero attached hydrogens (tertiary/aromatic N) is 1. The van der Waals surface area contributed by atoms with Gasteiger partial charge in [-0.3, -0.25) is 9.59 Å². The lowest BCUT2D eigenvalue weighted by Crippen LogP contribution is -2.29. The molecule has 0 atom stereocenters. The van der Waals surface area contributed by atoms with E-state index in [0.717, 1.165) is 12.0 Å². The van der Waals surface area contributed by atoms with Gasteiger partial charge in [0.25, 0.3) is 5.91 Å². The van der Waals surface area contributed by atoms with Crippen molar-refractivity contribution in [1.29, 1.82) is 0 Å². The highest BCUT2D eigenvalue weighted by Crippen LogP contribution is 2.15. The Hall–Kier alpha value is -3.35. The van der Waals surface area contributed by atoms with Gasteiger partial charge in [-0.2, -0.15) is 5.10 Å². The Labute approximate surface area is 164 Å². The van der Waals surface area contributed by atoms with Crippen LogP contribution >= 0.6 is 0 Å². The highest BCUT2D eigenvalue weighted by atomic mass is 16.5. The van der Waals surface area contributed by atoms with Crippen LogP contribution in [0.2, 0.25) is 0 Å². The summed E-state index contributed by atoms with van der Waals surface area (Å²) in [7, 11) is 1.56. The van der Waals surface area contributed by atoms with Crippen molar-refractivity contribution in [2.45, 2.75) is 19.8 Å². The first-order valence-electron chi connectivity index (χ1n) is 9.10. The molecule has 0 aliphatic rings. The van der Waals surface area contributed by atoms with Gasteiger partial charge in [-0.05, 0) is 42.8 Å². The van der Waals surface area contributed by atoms with Gasteiger partial charge in [0.1, 0.15) is 11.5 Å². The molecule has 0 bridgehead atoms. The number of carbonyl (C=O) groups excluding carboxylic acids is 2. The summed E-state index contributed by atoms with van der Waals surface area (Å²) in [5.41, 5.74) is 3.73. The lowest BCUT2D eigenvalue weighted by molar-refractivity contribution is -0.120. The number of hydrazone groups is 1. The van der Waals surface area contributed by atoms with Crippen LogP contribution in [0, 0.1) is 0 Å². The second-order valence-corrected chi connectivity index (χ2v) is 5.91. The van der Waals surface area contributed by atoms with Crippen molar-refractivity contribution >= 4 is 18.0 Å². The predicted molar refractivity (Wildman–Crippen MR) is 108 cm³/mol. The average Bonchev–Trinajstić information content (AvgIpc) is 2.73. The number of rotatable bonds is 10. The van der Waals surface area contributed by atoms with Crippen molar-refractivity contribution < 1.29 is 19.1 Å². The van der Waals surface area contributed by atoms with Crippen molar-refractivity contribution in [2.24, 2.45) is 5.10 Å². The summed E-state index contributed by atoms with van der Waals surface area (Å²) in [4.78, 5) is 23.9. The second kappa shape index (κ2) is 11.4. The van der Waals surface area contributed by atoms with Crippen LogP contribution in [0.15, 0.2) is 53.6 Å². The first kappa shape index (κ1) is 21.0. The van der Waals surface area contributed by atoms with E-state index >= 15 is 0 Å². The third-order valence-electron chi connectivity index (χ3n) is 3.76. The summed E-state index contributed by atoms with van der Waals surface area (Å²) in [6, 6.07) is 14.2. The number of methoxy groups -OCH3 is 1. The lowest BCUT2D eigenvalue weighted by Gasteiger charge is -2.07. The molecule has 0 unspecified atom stereocenters. The molecule has 0 aliphatic carbocycles. The van der Waals surface area contributed by atoms with E-state index in [1.165, 1.54) is 0 Å². The number of ether oxygens (including phenoxy) is 2. The number of benzene rings is 2. The monoisotopic (exact) mass is 383 g/mol. The molecule has 0 heterocycles. The summed E-state index contributed by atoms with van der Waals surface area (Å²) in [5, 5.41) is 6.65. The summed E-state index contributed by atoms with van der Waals surface area (Å²) >= 11 is 0. The molecule has 0 aliphatic heterocycles.